The highest BCUT2D eigenvalue weighted by Crippen LogP contribution is 2.68. The molecule has 3 amide bonds. The Morgan fingerprint density at radius 1 is 1.32 bits per heavy atom. The topological polar surface area (TPSA) is 98.7 Å². The maximum absolute atomic E-state index is 13.7. The van der Waals surface area contributed by atoms with E-state index in [1.807, 2.05) is 6.92 Å². The molecule has 168 valence electrons. The van der Waals surface area contributed by atoms with Gasteiger partial charge in [-0.2, -0.15) is 0 Å². The summed E-state index contributed by atoms with van der Waals surface area (Å²) in [7, 11) is 1.58. The van der Waals surface area contributed by atoms with Gasteiger partial charge in [-0.3, -0.25) is 14.4 Å². The van der Waals surface area contributed by atoms with Gasteiger partial charge in [-0.05, 0) is 43.0 Å². The molecule has 0 aliphatic carbocycles. The Bertz CT molecular complexity index is 893. The summed E-state index contributed by atoms with van der Waals surface area (Å²) < 4.78 is -0.696. The first-order chi connectivity index (χ1) is 14.8. The average molecular weight is 466 g/mol. The van der Waals surface area contributed by atoms with E-state index in [4.69, 9.17) is 11.6 Å². The summed E-state index contributed by atoms with van der Waals surface area (Å²) in [5.74, 6) is -1.60. The van der Waals surface area contributed by atoms with Crippen molar-refractivity contribution in [3.8, 4) is 0 Å². The van der Waals surface area contributed by atoms with Crippen LogP contribution in [0.3, 0.4) is 0 Å². The van der Waals surface area contributed by atoms with Crippen molar-refractivity contribution in [3.63, 3.8) is 0 Å². The molecule has 9 heteroatoms. The number of aliphatic hydroxyl groups excluding tert-OH is 1. The lowest BCUT2D eigenvalue weighted by Gasteiger charge is -2.39. The highest BCUT2D eigenvalue weighted by atomic mass is 35.5. The van der Waals surface area contributed by atoms with E-state index in [9.17, 15) is 19.5 Å². The van der Waals surface area contributed by atoms with E-state index in [-0.39, 0.29) is 35.5 Å². The molecule has 0 aromatic heterocycles. The van der Waals surface area contributed by atoms with Gasteiger partial charge in [-0.1, -0.05) is 25.4 Å². The first-order valence-electron chi connectivity index (χ1n) is 10.7. The van der Waals surface area contributed by atoms with Crippen molar-refractivity contribution in [2.45, 2.75) is 48.8 Å². The van der Waals surface area contributed by atoms with Crippen molar-refractivity contribution in [2.24, 2.45) is 17.8 Å². The molecule has 0 radical (unpaired) electrons. The van der Waals surface area contributed by atoms with Gasteiger partial charge in [0.1, 0.15) is 6.04 Å². The number of rotatable bonds is 6. The largest absolute Gasteiger partial charge is 0.394 e. The first kappa shape index (κ1) is 22.4. The maximum atomic E-state index is 13.7. The zero-order valence-corrected chi connectivity index (χ0v) is 19.4. The van der Waals surface area contributed by atoms with Crippen LogP contribution >= 0.6 is 23.4 Å². The third kappa shape index (κ3) is 3.26. The van der Waals surface area contributed by atoms with Gasteiger partial charge in [0.2, 0.25) is 17.7 Å². The molecule has 1 spiro atoms. The van der Waals surface area contributed by atoms with Crippen LogP contribution in [0.25, 0.3) is 0 Å². The average Bonchev–Trinajstić information content (AvgIpc) is 3.34. The van der Waals surface area contributed by atoms with Crippen molar-refractivity contribution in [2.75, 3.05) is 19.0 Å². The molecule has 0 saturated carbocycles. The SMILES string of the molecule is CC[C@@H](CO)N1C(=O)[C@@H]2[C@H](C(=O)NC)[C@@H]3CC(C)C2(S3)C1C(=O)Nc1ccc(Cl)cc1. The Balaban J connectivity index is 1.78. The Morgan fingerprint density at radius 2 is 2.00 bits per heavy atom. The normalized spacial score (nSPS) is 34.5. The Labute approximate surface area is 191 Å². The number of likely N-dealkylation sites (tertiary alicyclic amines) is 1. The maximum Gasteiger partial charge on any atom is 0.248 e. The Hall–Kier alpha value is -1.77. The second-order valence-electron chi connectivity index (χ2n) is 8.65. The van der Waals surface area contributed by atoms with Crippen molar-refractivity contribution >= 4 is 46.8 Å². The van der Waals surface area contributed by atoms with Crippen LogP contribution in [0.4, 0.5) is 5.69 Å². The minimum atomic E-state index is -0.766. The van der Waals surface area contributed by atoms with Gasteiger partial charge in [-0.15, -0.1) is 11.8 Å². The van der Waals surface area contributed by atoms with Crippen molar-refractivity contribution in [3.05, 3.63) is 29.3 Å². The second kappa shape index (κ2) is 8.30. The highest BCUT2D eigenvalue weighted by molar-refractivity contribution is 8.02. The summed E-state index contributed by atoms with van der Waals surface area (Å²) in [6.45, 7) is 3.72. The summed E-state index contributed by atoms with van der Waals surface area (Å²) in [5.41, 5.74) is 0.590. The van der Waals surface area contributed by atoms with E-state index in [1.54, 1.807) is 48.0 Å². The lowest BCUT2D eigenvalue weighted by Crippen LogP contribution is -2.57. The van der Waals surface area contributed by atoms with Crippen molar-refractivity contribution < 1.29 is 19.5 Å². The van der Waals surface area contributed by atoms with E-state index in [0.717, 1.165) is 6.42 Å². The fourth-order valence-corrected chi connectivity index (χ4v) is 8.31. The number of hydrogen-bond donors (Lipinski definition) is 3. The van der Waals surface area contributed by atoms with Gasteiger partial charge < -0.3 is 20.6 Å². The monoisotopic (exact) mass is 465 g/mol. The van der Waals surface area contributed by atoms with Crippen LogP contribution in [-0.2, 0) is 14.4 Å². The van der Waals surface area contributed by atoms with Gasteiger partial charge in [0.25, 0.3) is 0 Å². The first-order valence-corrected chi connectivity index (χ1v) is 11.9. The van der Waals surface area contributed by atoms with E-state index >= 15 is 0 Å². The summed E-state index contributed by atoms with van der Waals surface area (Å²) in [4.78, 5) is 41.7. The summed E-state index contributed by atoms with van der Waals surface area (Å²) in [6, 6.07) is 5.58. The number of benzene rings is 1. The predicted molar refractivity (Wildman–Crippen MR) is 121 cm³/mol. The number of thioether (sulfide) groups is 1. The Kier molecular flexibility index (Phi) is 6.00. The standard InChI is InChI=1S/C22H28ClN3O4S/c1-4-14(10-27)26-18(20(29)25-13-7-5-12(23)6-8-13)22-11(2)9-15(31-22)16(19(28)24-3)17(22)21(26)30/h5-8,11,14-18,27H,4,9-10H2,1-3H3,(H,24,28)(H,25,29)/t11?,14-,15-,16+,17-,18?,22?/m0/s1. The Morgan fingerprint density at radius 3 is 2.58 bits per heavy atom. The minimum Gasteiger partial charge on any atom is -0.394 e. The molecule has 31 heavy (non-hydrogen) atoms. The van der Waals surface area contributed by atoms with E-state index in [0.29, 0.717) is 17.1 Å². The van der Waals surface area contributed by atoms with Crippen molar-refractivity contribution in [1.29, 1.82) is 0 Å². The molecule has 3 aliphatic heterocycles. The van der Waals surface area contributed by atoms with E-state index < -0.39 is 28.7 Å². The number of hydrogen-bond acceptors (Lipinski definition) is 5. The van der Waals surface area contributed by atoms with Crippen LogP contribution in [0.1, 0.15) is 26.7 Å². The number of fused-ring (bicyclic) bond motifs is 1. The van der Waals surface area contributed by atoms with Crippen LogP contribution in [0.5, 0.6) is 0 Å². The lowest BCUT2D eigenvalue weighted by molar-refractivity contribution is -0.142. The molecule has 3 aliphatic rings. The minimum absolute atomic E-state index is 0.00563. The number of amides is 3. The number of nitrogens with one attached hydrogen (secondary N) is 2. The molecule has 3 N–H and O–H groups in total. The molecule has 3 heterocycles. The molecule has 3 saturated heterocycles. The van der Waals surface area contributed by atoms with Crippen LogP contribution in [-0.4, -0.2) is 63.5 Å². The van der Waals surface area contributed by atoms with Crippen LogP contribution < -0.4 is 10.6 Å². The van der Waals surface area contributed by atoms with Crippen molar-refractivity contribution in [1.82, 2.24) is 10.2 Å². The molecule has 3 unspecified atom stereocenters. The summed E-state index contributed by atoms with van der Waals surface area (Å²) in [5, 5.41) is 16.2. The molecule has 2 bridgehead atoms. The van der Waals surface area contributed by atoms with Crippen LogP contribution in [0.15, 0.2) is 24.3 Å². The zero-order chi connectivity index (χ0) is 22.5. The highest BCUT2D eigenvalue weighted by Gasteiger charge is 2.76. The van der Waals surface area contributed by atoms with Gasteiger partial charge in [0, 0.05) is 23.0 Å². The summed E-state index contributed by atoms with van der Waals surface area (Å²) in [6.07, 6.45) is 1.30. The second-order valence-corrected chi connectivity index (χ2v) is 10.6. The predicted octanol–water partition coefficient (Wildman–Crippen LogP) is 2.13. The fourth-order valence-electron chi connectivity index (χ4n) is 5.78. The molecular formula is C22H28ClN3O4S. The molecular weight excluding hydrogens is 438 g/mol. The lowest BCUT2D eigenvalue weighted by atomic mass is 9.66. The molecule has 7 nitrogen and oxygen atoms in total. The quantitative estimate of drug-likeness (QED) is 0.597. The number of anilines is 1. The molecule has 3 fully saturated rings. The third-order valence-corrected chi connectivity index (χ3v) is 9.50. The number of carbonyl (C=O) groups is 3. The summed E-state index contributed by atoms with van der Waals surface area (Å²) >= 11 is 7.58. The van der Waals surface area contributed by atoms with Gasteiger partial charge in [0.15, 0.2) is 0 Å². The zero-order valence-electron chi connectivity index (χ0n) is 17.8. The molecule has 4 rings (SSSR count). The fraction of sp³-hybridized carbons (Fsp3) is 0.591. The van der Waals surface area contributed by atoms with Gasteiger partial charge in [-0.25, -0.2) is 0 Å². The van der Waals surface area contributed by atoms with Crippen LogP contribution in [0.2, 0.25) is 5.02 Å². The van der Waals surface area contributed by atoms with Crippen LogP contribution in [0, 0.1) is 17.8 Å². The van der Waals surface area contributed by atoms with E-state index in [1.165, 1.54) is 0 Å². The molecule has 1 aromatic carbocycles. The van der Waals surface area contributed by atoms with Gasteiger partial charge >= 0.3 is 0 Å². The third-order valence-electron chi connectivity index (χ3n) is 7.17. The molecule has 7 atom stereocenters. The number of nitrogens with zero attached hydrogens (tertiary/aromatic N) is 1. The van der Waals surface area contributed by atoms with Gasteiger partial charge in [0.05, 0.1) is 29.2 Å². The molecule has 1 aromatic rings. The smallest absolute Gasteiger partial charge is 0.248 e. The van der Waals surface area contributed by atoms with E-state index in [2.05, 4.69) is 17.6 Å². The number of aliphatic hydroxyl groups is 1. The number of halogens is 1. The number of carbonyl (C=O) groups excluding carboxylic acids is 3.